The van der Waals surface area contributed by atoms with Gasteiger partial charge in [0.15, 0.2) is 0 Å². The van der Waals surface area contributed by atoms with E-state index in [9.17, 15) is 9.18 Å². The maximum absolute atomic E-state index is 13.2. The van der Waals surface area contributed by atoms with Gasteiger partial charge >= 0.3 is 6.09 Å². The van der Waals surface area contributed by atoms with Gasteiger partial charge in [-0.1, -0.05) is 6.07 Å². The molecule has 0 radical (unpaired) electrons. The van der Waals surface area contributed by atoms with Crippen molar-refractivity contribution < 1.29 is 13.9 Å². The van der Waals surface area contributed by atoms with Gasteiger partial charge < -0.3 is 15.0 Å². The minimum Gasteiger partial charge on any atom is -0.444 e. The average molecular weight is 322 g/mol. The summed E-state index contributed by atoms with van der Waals surface area (Å²) in [6, 6.07) is 6.76. The number of hydrogen-bond acceptors (Lipinski definition) is 3. The molecule has 1 saturated heterocycles. The number of hydrogen-bond donors (Lipinski definition) is 1. The number of halogens is 1. The fourth-order valence-electron chi connectivity index (χ4n) is 2.97. The molecule has 1 fully saturated rings. The van der Waals surface area contributed by atoms with E-state index in [-0.39, 0.29) is 24.0 Å². The highest BCUT2D eigenvalue weighted by Gasteiger charge is 2.32. The second kappa shape index (κ2) is 7.20. The highest BCUT2D eigenvalue weighted by atomic mass is 19.1. The molecular weight excluding hydrogens is 295 g/mol. The zero-order valence-electron chi connectivity index (χ0n) is 14.4. The molecule has 128 valence electrons. The Balaban J connectivity index is 1.91. The summed E-state index contributed by atoms with van der Waals surface area (Å²) < 4.78 is 18.7. The van der Waals surface area contributed by atoms with Crippen molar-refractivity contribution >= 4 is 11.8 Å². The van der Waals surface area contributed by atoms with Crippen LogP contribution in [0.4, 0.5) is 14.9 Å². The number of amides is 1. The van der Waals surface area contributed by atoms with Gasteiger partial charge in [-0.25, -0.2) is 9.18 Å². The number of benzene rings is 1. The van der Waals surface area contributed by atoms with Crippen LogP contribution < -0.4 is 5.32 Å². The van der Waals surface area contributed by atoms with E-state index >= 15 is 0 Å². The zero-order valence-corrected chi connectivity index (χ0v) is 14.4. The first-order valence-corrected chi connectivity index (χ1v) is 8.26. The van der Waals surface area contributed by atoms with Crippen LogP contribution in [0, 0.1) is 5.82 Å². The van der Waals surface area contributed by atoms with E-state index in [1.807, 2.05) is 31.7 Å². The molecule has 0 spiro atoms. The largest absolute Gasteiger partial charge is 0.444 e. The van der Waals surface area contributed by atoms with E-state index in [4.69, 9.17) is 4.74 Å². The van der Waals surface area contributed by atoms with Crippen molar-refractivity contribution in [2.24, 2.45) is 0 Å². The van der Waals surface area contributed by atoms with Crippen LogP contribution in [0.3, 0.4) is 0 Å². The molecule has 2 rings (SSSR count). The summed E-state index contributed by atoms with van der Waals surface area (Å²) in [5.74, 6) is -0.251. The first-order valence-electron chi connectivity index (χ1n) is 8.26. The molecule has 0 aromatic heterocycles. The lowest BCUT2D eigenvalue weighted by molar-refractivity contribution is 0.0218. The molecule has 4 nitrogen and oxygen atoms in total. The molecule has 2 atom stereocenters. The lowest BCUT2D eigenvalue weighted by atomic mass is 10.1. The van der Waals surface area contributed by atoms with Crippen LogP contribution in [-0.2, 0) is 4.74 Å². The molecule has 2 unspecified atom stereocenters. The monoisotopic (exact) mass is 322 g/mol. The van der Waals surface area contributed by atoms with Crippen LogP contribution in [0.25, 0.3) is 0 Å². The normalized spacial score (nSPS) is 19.5. The van der Waals surface area contributed by atoms with Crippen LogP contribution >= 0.6 is 0 Å². The minimum atomic E-state index is -0.477. The SMILES string of the molecule is CC(CC1CCCN1C(=O)OC(C)(C)C)Nc1cccc(F)c1. The average Bonchev–Trinajstić information content (AvgIpc) is 2.84. The van der Waals surface area contributed by atoms with Gasteiger partial charge in [0, 0.05) is 24.3 Å². The Kier molecular flexibility index (Phi) is 5.50. The number of carbonyl (C=O) groups is 1. The van der Waals surface area contributed by atoms with Gasteiger partial charge in [-0.05, 0) is 65.2 Å². The third kappa shape index (κ3) is 5.41. The maximum Gasteiger partial charge on any atom is 0.410 e. The van der Waals surface area contributed by atoms with Crippen molar-refractivity contribution in [3.63, 3.8) is 0 Å². The smallest absolute Gasteiger partial charge is 0.410 e. The van der Waals surface area contributed by atoms with Crippen molar-refractivity contribution in [3.8, 4) is 0 Å². The van der Waals surface area contributed by atoms with Gasteiger partial charge in [0.1, 0.15) is 11.4 Å². The highest BCUT2D eigenvalue weighted by Crippen LogP contribution is 2.25. The number of rotatable bonds is 4. The maximum atomic E-state index is 13.2. The van der Waals surface area contributed by atoms with Gasteiger partial charge in [-0.15, -0.1) is 0 Å². The number of nitrogens with zero attached hydrogens (tertiary/aromatic N) is 1. The predicted molar refractivity (Wildman–Crippen MR) is 90.1 cm³/mol. The molecule has 1 aromatic rings. The van der Waals surface area contributed by atoms with E-state index in [1.165, 1.54) is 12.1 Å². The zero-order chi connectivity index (χ0) is 17.0. The topological polar surface area (TPSA) is 41.6 Å². The Morgan fingerprint density at radius 2 is 2.22 bits per heavy atom. The van der Waals surface area contributed by atoms with E-state index in [0.29, 0.717) is 0 Å². The molecule has 23 heavy (non-hydrogen) atoms. The molecule has 0 saturated carbocycles. The van der Waals surface area contributed by atoms with Crippen molar-refractivity contribution in [1.29, 1.82) is 0 Å². The van der Waals surface area contributed by atoms with Crippen LogP contribution in [0.5, 0.6) is 0 Å². The van der Waals surface area contributed by atoms with Gasteiger partial charge in [0.2, 0.25) is 0 Å². The van der Waals surface area contributed by atoms with Gasteiger partial charge in [-0.3, -0.25) is 0 Å². The summed E-state index contributed by atoms with van der Waals surface area (Å²) in [4.78, 5) is 14.1. The molecule has 0 aliphatic carbocycles. The molecule has 0 bridgehead atoms. The Labute approximate surface area is 138 Å². The summed E-state index contributed by atoms with van der Waals surface area (Å²) in [6.07, 6.45) is 2.55. The molecule has 1 heterocycles. The predicted octanol–water partition coefficient (Wildman–Crippen LogP) is 4.42. The third-order valence-electron chi connectivity index (χ3n) is 3.87. The van der Waals surface area contributed by atoms with E-state index in [2.05, 4.69) is 12.2 Å². The van der Waals surface area contributed by atoms with Crippen molar-refractivity contribution in [2.45, 2.75) is 64.6 Å². The molecule has 1 amide bonds. The molecule has 1 aliphatic heterocycles. The summed E-state index contributed by atoms with van der Waals surface area (Å²) in [7, 11) is 0. The van der Waals surface area contributed by atoms with Crippen LogP contribution in [0.15, 0.2) is 24.3 Å². The Morgan fingerprint density at radius 1 is 1.48 bits per heavy atom. The lowest BCUT2D eigenvalue weighted by Gasteiger charge is -2.30. The summed E-state index contributed by atoms with van der Waals surface area (Å²) >= 11 is 0. The van der Waals surface area contributed by atoms with Crippen LogP contribution in [0.1, 0.15) is 47.0 Å². The lowest BCUT2D eigenvalue weighted by Crippen LogP contribution is -2.41. The van der Waals surface area contributed by atoms with Gasteiger partial charge in [0.25, 0.3) is 0 Å². The quantitative estimate of drug-likeness (QED) is 0.892. The summed E-state index contributed by atoms with van der Waals surface area (Å²) in [5, 5.41) is 3.30. The molecule has 5 heteroatoms. The summed E-state index contributed by atoms with van der Waals surface area (Å²) in [5.41, 5.74) is 0.287. The van der Waals surface area contributed by atoms with Crippen LogP contribution in [-0.4, -0.2) is 35.2 Å². The second-order valence-electron chi connectivity index (χ2n) is 7.26. The molecule has 1 aromatic carbocycles. The number of nitrogens with one attached hydrogen (secondary N) is 1. The second-order valence-corrected chi connectivity index (χ2v) is 7.26. The fourth-order valence-corrected chi connectivity index (χ4v) is 2.97. The van der Waals surface area contributed by atoms with Gasteiger partial charge in [0.05, 0.1) is 0 Å². The summed E-state index contributed by atoms with van der Waals surface area (Å²) in [6.45, 7) is 8.43. The standard InChI is InChI=1S/C18H27FN2O2/c1-13(20-15-8-5-7-14(19)12-15)11-16-9-6-10-21(16)17(22)23-18(2,3)4/h5,7-8,12-13,16,20H,6,9-11H2,1-4H3. The number of ether oxygens (including phenoxy) is 1. The highest BCUT2D eigenvalue weighted by molar-refractivity contribution is 5.69. The van der Waals surface area contributed by atoms with Gasteiger partial charge in [-0.2, -0.15) is 0 Å². The third-order valence-corrected chi connectivity index (χ3v) is 3.87. The minimum absolute atomic E-state index is 0.143. The Morgan fingerprint density at radius 3 is 2.87 bits per heavy atom. The first kappa shape index (κ1) is 17.6. The van der Waals surface area contributed by atoms with E-state index in [0.717, 1.165) is 31.5 Å². The Bertz CT molecular complexity index is 542. The van der Waals surface area contributed by atoms with Crippen molar-refractivity contribution in [3.05, 3.63) is 30.1 Å². The number of anilines is 1. The molecular formula is C18H27FN2O2. The fraction of sp³-hybridized carbons (Fsp3) is 0.611. The number of likely N-dealkylation sites (tertiary alicyclic amines) is 1. The Hall–Kier alpha value is -1.78. The van der Waals surface area contributed by atoms with Crippen molar-refractivity contribution in [2.75, 3.05) is 11.9 Å². The molecule has 1 aliphatic rings. The van der Waals surface area contributed by atoms with E-state index in [1.54, 1.807) is 6.07 Å². The number of carbonyl (C=O) groups excluding carboxylic acids is 1. The van der Waals surface area contributed by atoms with E-state index < -0.39 is 5.60 Å². The van der Waals surface area contributed by atoms with Crippen LogP contribution in [0.2, 0.25) is 0 Å². The van der Waals surface area contributed by atoms with Crippen molar-refractivity contribution in [1.82, 2.24) is 4.90 Å². The molecule has 1 N–H and O–H groups in total. The first-order chi connectivity index (χ1) is 10.7.